The molecule has 0 fully saturated rings. The number of nitrogens with zero attached hydrogens (tertiary/aromatic N) is 1. The van der Waals surface area contributed by atoms with Crippen LogP contribution >= 0.6 is 0 Å². The van der Waals surface area contributed by atoms with E-state index < -0.39 is 0 Å². The van der Waals surface area contributed by atoms with Gasteiger partial charge in [-0.25, -0.2) is 0 Å². The molecule has 0 saturated heterocycles. The van der Waals surface area contributed by atoms with Crippen molar-refractivity contribution in [2.24, 2.45) is 7.05 Å². The standard InChI is InChI=1S/C17H15NO2/c1-18-14-11-7-6-10-13(14)16(20-2)15(17(18)19)12-8-4-3-5-9-12/h3-11H,1-2H3. The normalized spacial score (nSPS) is 10.7. The summed E-state index contributed by atoms with van der Waals surface area (Å²) in [5.41, 5.74) is 2.30. The summed E-state index contributed by atoms with van der Waals surface area (Å²) in [7, 11) is 3.39. The first-order chi connectivity index (χ1) is 9.74. The Balaban J connectivity index is 2.49. The third-order valence-corrected chi connectivity index (χ3v) is 3.52. The fourth-order valence-corrected chi connectivity index (χ4v) is 2.54. The predicted octanol–water partition coefficient (Wildman–Crippen LogP) is 3.21. The highest BCUT2D eigenvalue weighted by Gasteiger charge is 2.16. The number of aryl methyl sites for hydroxylation is 1. The zero-order valence-electron chi connectivity index (χ0n) is 11.5. The number of hydrogen-bond acceptors (Lipinski definition) is 2. The van der Waals surface area contributed by atoms with E-state index in [-0.39, 0.29) is 5.56 Å². The molecule has 100 valence electrons. The van der Waals surface area contributed by atoms with Crippen molar-refractivity contribution in [2.75, 3.05) is 7.11 Å². The number of benzene rings is 2. The Kier molecular flexibility index (Phi) is 3.03. The fraction of sp³-hybridized carbons (Fsp3) is 0.118. The molecule has 3 aromatic rings. The van der Waals surface area contributed by atoms with Crippen molar-refractivity contribution >= 4 is 10.9 Å². The number of para-hydroxylation sites is 1. The molecule has 0 unspecified atom stereocenters. The summed E-state index contributed by atoms with van der Waals surface area (Å²) in [6.45, 7) is 0. The Morgan fingerprint density at radius 2 is 1.60 bits per heavy atom. The van der Waals surface area contributed by atoms with Crippen molar-refractivity contribution in [1.82, 2.24) is 4.57 Å². The minimum Gasteiger partial charge on any atom is -0.495 e. The maximum Gasteiger partial charge on any atom is 0.262 e. The first-order valence-corrected chi connectivity index (χ1v) is 6.45. The number of hydrogen-bond donors (Lipinski definition) is 0. The average molecular weight is 265 g/mol. The van der Waals surface area contributed by atoms with E-state index in [0.29, 0.717) is 11.3 Å². The van der Waals surface area contributed by atoms with Crippen molar-refractivity contribution in [3.63, 3.8) is 0 Å². The first kappa shape index (κ1) is 12.5. The van der Waals surface area contributed by atoms with Crippen molar-refractivity contribution in [3.05, 3.63) is 65.0 Å². The summed E-state index contributed by atoms with van der Waals surface area (Å²) in [6, 6.07) is 17.4. The molecule has 2 aromatic carbocycles. The minimum absolute atomic E-state index is 0.0493. The minimum atomic E-state index is -0.0493. The van der Waals surface area contributed by atoms with E-state index in [9.17, 15) is 4.79 Å². The molecule has 0 atom stereocenters. The second-order valence-corrected chi connectivity index (χ2v) is 4.66. The van der Waals surface area contributed by atoms with Gasteiger partial charge in [-0.3, -0.25) is 4.79 Å². The molecule has 1 aromatic heterocycles. The lowest BCUT2D eigenvalue weighted by atomic mass is 10.0. The Labute approximate surface area is 117 Å². The zero-order chi connectivity index (χ0) is 14.1. The van der Waals surface area contributed by atoms with Gasteiger partial charge in [0.15, 0.2) is 0 Å². The van der Waals surface area contributed by atoms with Crippen molar-refractivity contribution in [1.29, 1.82) is 0 Å². The molecule has 0 bridgehead atoms. The molecule has 3 nitrogen and oxygen atoms in total. The Hall–Kier alpha value is -2.55. The lowest BCUT2D eigenvalue weighted by molar-refractivity contribution is 0.420. The summed E-state index contributed by atoms with van der Waals surface area (Å²) in [5.74, 6) is 0.634. The summed E-state index contributed by atoms with van der Waals surface area (Å²) in [4.78, 5) is 12.6. The van der Waals surface area contributed by atoms with Gasteiger partial charge >= 0.3 is 0 Å². The summed E-state index contributed by atoms with van der Waals surface area (Å²) >= 11 is 0. The maximum atomic E-state index is 12.6. The fourth-order valence-electron chi connectivity index (χ4n) is 2.54. The molecule has 0 spiro atoms. The summed E-state index contributed by atoms with van der Waals surface area (Å²) in [6.07, 6.45) is 0. The third kappa shape index (κ3) is 1.79. The maximum absolute atomic E-state index is 12.6. The second kappa shape index (κ2) is 4.85. The number of methoxy groups -OCH3 is 1. The van der Waals surface area contributed by atoms with Crippen LogP contribution in [-0.2, 0) is 7.05 Å². The quantitative estimate of drug-likeness (QED) is 0.712. The van der Waals surface area contributed by atoms with Crippen LogP contribution in [0.3, 0.4) is 0 Å². The van der Waals surface area contributed by atoms with Crippen molar-refractivity contribution in [2.45, 2.75) is 0 Å². The van der Waals surface area contributed by atoms with Crippen LogP contribution in [0, 0.1) is 0 Å². The molecule has 0 aliphatic rings. The van der Waals surface area contributed by atoms with Gasteiger partial charge in [0, 0.05) is 12.4 Å². The topological polar surface area (TPSA) is 31.2 Å². The Bertz CT molecular complexity index is 820. The average Bonchev–Trinajstić information content (AvgIpc) is 2.51. The highest BCUT2D eigenvalue weighted by molar-refractivity contribution is 5.92. The Morgan fingerprint density at radius 3 is 2.30 bits per heavy atom. The molecule has 1 heterocycles. The number of aromatic nitrogens is 1. The molecule has 0 aliphatic carbocycles. The van der Waals surface area contributed by atoms with Crippen molar-refractivity contribution in [3.8, 4) is 16.9 Å². The molecule has 0 saturated carbocycles. The van der Waals surface area contributed by atoms with Gasteiger partial charge in [0.05, 0.1) is 18.2 Å². The molecular formula is C17H15NO2. The van der Waals surface area contributed by atoms with Crippen LogP contribution in [-0.4, -0.2) is 11.7 Å². The van der Waals surface area contributed by atoms with Gasteiger partial charge in [0.25, 0.3) is 5.56 Å². The number of ether oxygens (including phenoxy) is 1. The lowest BCUT2D eigenvalue weighted by Gasteiger charge is -2.14. The largest absolute Gasteiger partial charge is 0.495 e. The van der Waals surface area contributed by atoms with Gasteiger partial charge in [-0.15, -0.1) is 0 Å². The summed E-state index contributed by atoms with van der Waals surface area (Å²) < 4.78 is 7.20. The lowest BCUT2D eigenvalue weighted by Crippen LogP contribution is -2.20. The third-order valence-electron chi connectivity index (χ3n) is 3.52. The van der Waals surface area contributed by atoms with Gasteiger partial charge in [-0.1, -0.05) is 42.5 Å². The number of fused-ring (bicyclic) bond motifs is 1. The van der Waals surface area contributed by atoms with Crippen LogP contribution in [0.1, 0.15) is 0 Å². The van der Waals surface area contributed by atoms with Crippen LogP contribution in [0.5, 0.6) is 5.75 Å². The Morgan fingerprint density at radius 1 is 0.950 bits per heavy atom. The number of pyridine rings is 1. The van der Waals surface area contributed by atoms with E-state index in [4.69, 9.17) is 4.74 Å². The molecule has 0 N–H and O–H groups in total. The van der Waals surface area contributed by atoms with Gasteiger partial charge in [0.2, 0.25) is 0 Å². The second-order valence-electron chi connectivity index (χ2n) is 4.66. The monoisotopic (exact) mass is 265 g/mol. The van der Waals surface area contributed by atoms with Crippen LogP contribution in [0.25, 0.3) is 22.0 Å². The SMILES string of the molecule is COc1c(-c2ccccc2)c(=O)n(C)c2ccccc12. The van der Waals surface area contributed by atoms with E-state index in [2.05, 4.69) is 0 Å². The van der Waals surface area contributed by atoms with E-state index in [1.165, 1.54) is 0 Å². The van der Waals surface area contributed by atoms with Gasteiger partial charge in [-0.05, 0) is 17.7 Å². The molecule has 0 radical (unpaired) electrons. The van der Waals surface area contributed by atoms with E-state index >= 15 is 0 Å². The van der Waals surface area contributed by atoms with E-state index in [1.54, 1.807) is 18.7 Å². The van der Waals surface area contributed by atoms with Crippen LogP contribution in [0.2, 0.25) is 0 Å². The number of rotatable bonds is 2. The van der Waals surface area contributed by atoms with Gasteiger partial charge in [-0.2, -0.15) is 0 Å². The molecule has 0 aliphatic heterocycles. The molecule has 3 rings (SSSR count). The zero-order valence-corrected chi connectivity index (χ0v) is 11.5. The molecule has 3 heteroatoms. The van der Waals surface area contributed by atoms with Gasteiger partial charge < -0.3 is 9.30 Å². The van der Waals surface area contributed by atoms with Crippen LogP contribution in [0.15, 0.2) is 59.4 Å². The van der Waals surface area contributed by atoms with E-state index in [0.717, 1.165) is 16.5 Å². The molecule has 0 amide bonds. The van der Waals surface area contributed by atoms with E-state index in [1.807, 2.05) is 54.6 Å². The van der Waals surface area contributed by atoms with Crippen LogP contribution in [0.4, 0.5) is 0 Å². The van der Waals surface area contributed by atoms with Gasteiger partial charge in [0.1, 0.15) is 5.75 Å². The molecular weight excluding hydrogens is 250 g/mol. The van der Waals surface area contributed by atoms with Crippen molar-refractivity contribution < 1.29 is 4.74 Å². The summed E-state index contributed by atoms with van der Waals surface area (Å²) in [5, 5.41) is 0.941. The first-order valence-electron chi connectivity index (χ1n) is 6.45. The highest BCUT2D eigenvalue weighted by atomic mass is 16.5. The smallest absolute Gasteiger partial charge is 0.262 e. The molecule has 20 heavy (non-hydrogen) atoms. The van der Waals surface area contributed by atoms with Crippen LogP contribution < -0.4 is 10.3 Å². The predicted molar refractivity (Wildman–Crippen MR) is 81.2 cm³/mol. The highest BCUT2D eigenvalue weighted by Crippen LogP contribution is 2.33.